The Hall–Kier alpha value is 0.147. The van der Waals surface area contributed by atoms with E-state index in [0.717, 1.165) is 0 Å². The van der Waals surface area contributed by atoms with Crippen molar-refractivity contribution in [3.05, 3.63) is 0 Å². The summed E-state index contributed by atoms with van der Waals surface area (Å²) in [6.07, 6.45) is 0. The largest absolute Gasteiger partial charge is 0.249 e. The molecule has 38 valence electrons. The Labute approximate surface area is 40.6 Å². The van der Waals surface area contributed by atoms with Crippen LogP contribution in [0.2, 0.25) is 6.55 Å². The molecular weight excluding hydrogens is 95.1 g/mol. The predicted molar refractivity (Wildman–Crippen MR) is 29.6 cm³/mol. The van der Waals surface area contributed by atoms with Crippen LogP contribution in [0.5, 0.6) is 0 Å². The molecule has 0 N–H and O–H groups in total. The fraction of sp³-hybridized carbons (Fsp3) is 1.00. The fourth-order valence-electron chi connectivity index (χ4n) is 0. The van der Waals surface area contributed by atoms with Crippen molar-refractivity contribution in [1.29, 1.82) is 0 Å². The monoisotopic (exact) mass is 106 g/mol. The Morgan fingerprint density at radius 1 is 1.50 bits per heavy atom. The number of hydrogen-bond donors (Lipinski definition) is 0. The molecule has 0 amide bonds. The molecule has 0 saturated heterocycles. The van der Waals surface area contributed by atoms with Crippen LogP contribution in [0.1, 0.15) is 13.8 Å². The van der Waals surface area contributed by atoms with Gasteiger partial charge in [0.1, 0.15) is 0 Å². The van der Waals surface area contributed by atoms with Gasteiger partial charge in [0, 0.05) is 0 Å². The van der Waals surface area contributed by atoms with E-state index in [2.05, 4.69) is 0 Å². The first-order chi connectivity index (χ1) is 2.56. The smallest absolute Gasteiger partial charge is 0.0874 e. The van der Waals surface area contributed by atoms with E-state index in [1.165, 1.54) is 0 Å². The van der Waals surface area contributed by atoms with Crippen LogP contribution in [-0.4, -0.2) is 14.8 Å². The molecule has 0 rings (SSSR count). The normalized spacial score (nSPS) is 14.0. The van der Waals surface area contributed by atoms with Gasteiger partial charge in [-0.1, -0.05) is 6.55 Å². The van der Waals surface area contributed by atoms with Crippen LogP contribution in [0.25, 0.3) is 0 Å². The van der Waals surface area contributed by atoms with Gasteiger partial charge in [-0.05, 0) is 13.8 Å². The summed E-state index contributed by atoms with van der Waals surface area (Å²) in [4.78, 5) is 0. The zero-order valence-electron chi connectivity index (χ0n) is 4.59. The zero-order valence-corrected chi connectivity index (χ0v) is 6.00. The van der Waals surface area contributed by atoms with Crippen molar-refractivity contribution in [1.82, 2.24) is 0 Å². The highest BCUT2D eigenvalue weighted by atomic mass is 28.2. The maximum absolute atomic E-state index is 12.2. The Balaban J connectivity index is 3.17. The molecular formula is C4H11FSi. The first-order valence-electron chi connectivity index (χ1n) is 2.25. The van der Waals surface area contributed by atoms with Crippen LogP contribution < -0.4 is 0 Å². The van der Waals surface area contributed by atoms with Gasteiger partial charge in [-0.25, -0.2) is 4.39 Å². The van der Waals surface area contributed by atoms with Crippen LogP contribution >= 0.6 is 0 Å². The number of rotatable bonds is 1. The molecule has 0 fully saturated rings. The van der Waals surface area contributed by atoms with Gasteiger partial charge in [0.15, 0.2) is 0 Å². The van der Waals surface area contributed by atoms with Crippen molar-refractivity contribution in [3.8, 4) is 0 Å². The third-order valence-corrected chi connectivity index (χ3v) is 2.52. The average molecular weight is 106 g/mol. The minimum Gasteiger partial charge on any atom is -0.249 e. The molecule has 0 aromatic rings. The lowest BCUT2D eigenvalue weighted by molar-refractivity contribution is 0.330. The highest BCUT2D eigenvalue weighted by Crippen LogP contribution is 2.03. The topological polar surface area (TPSA) is 0 Å². The van der Waals surface area contributed by atoms with E-state index in [0.29, 0.717) is 0 Å². The number of alkyl halides is 1. The molecule has 0 unspecified atom stereocenters. The van der Waals surface area contributed by atoms with Crippen LogP contribution in [-0.2, 0) is 0 Å². The maximum Gasteiger partial charge on any atom is 0.0874 e. The standard InChI is InChI=1S/C4H11FSi/c1-4(2,5)6-3/h6H2,1-3H3. The van der Waals surface area contributed by atoms with E-state index in [-0.39, 0.29) is 0 Å². The molecule has 0 aliphatic carbocycles. The zero-order chi connectivity index (χ0) is 5.21. The van der Waals surface area contributed by atoms with Gasteiger partial charge >= 0.3 is 0 Å². The summed E-state index contributed by atoms with van der Waals surface area (Å²) in [6, 6.07) is 0. The van der Waals surface area contributed by atoms with Crippen LogP contribution in [0.15, 0.2) is 0 Å². The number of halogens is 1. The molecule has 0 saturated carbocycles. The summed E-state index contributed by atoms with van der Waals surface area (Å²) < 4.78 is 12.2. The lowest BCUT2D eigenvalue weighted by Crippen LogP contribution is -2.18. The second kappa shape index (κ2) is 1.73. The van der Waals surface area contributed by atoms with Gasteiger partial charge in [-0.15, -0.1) is 0 Å². The molecule has 0 bridgehead atoms. The van der Waals surface area contributed by atoms with E-state index in [9.17, 15) is 4.39 Å². The molecule has 0 aliphatic rings. The molecule has 2 heteroatoms. The molecule has 0 radical (unpaired) electrons. The van der Waals surface area contributed by atoms with Gasteiger partial charge in [0.05, 0.1) is 14.8 Å². The van der Waals surface area contributed by atoms with Gasteiger partial charge in [-0.2, -0.15) is 0 Å². The second-order valence-corrected chi connectivity index (χ2v) is 4.46. The van der Waals surface area contributed by atoms with Crippen molar-refractivity contribution in [3.63, 3.8) is 0 Å². The summed E-state index contributed by atoms with van der Waals surface area (Å²) in [5.41, 5.74) is 0. The van der Waals surface area contributed by atoms with Gasteiger partial charge in [0.25, 0.3) is 0 Å². The molecule has 6 heavy (non-hydrogen) atoms. The van der Waals surface area contributed by atoms with Crippen LogP contribution in [0, 0.1) is 0 Å². The SMILES string of the molecule is C[SiH2]C(C)(C)F. The number of hydrogen-bond acceptors (Lipinski definition) is 0. The summed E-state index contributed by atoms with van der Waals surface area (Å²) in [5.74, 6) is 0. The van der Waals surface area contributed by atoms with E-state index >= 15 is 0 Å². The lowest BCUT2D eigenvalue weighted by Gasteiger charge is -2.06. The molecule has 0 aromatic carbocycles. The van der Waals surface area contributed by atoms with Crippen molar-refractivity contribution in [2.75, 3.05) is 0 Å². The second-order valence-electron chi connectivity index (χ2n) is 2.07. The molecule has 0 nitrogen and oxygen atoms in total. The summed E-state index contributed by atoms with van der Waals surface area (Å²) in [5, 5.41) is -0.819. The molecule has 0 aliphatic heterocycles. The van der Waals surface area contributed by atoms with Gasteiger partial charge in [0.2, 0.25) is 0 Å². The highest BCUT2D eigenvalue weighted by molar-refractivity contribution is 6.37. The Morgan fingerprint density at radius 3 is 1.67 bits per heavy atom. The first kappa shape index (κ1) is 6.15. The third kappa shape index (κ3) is 4.15. The first-order valence-corrected chi connectivity index (χ1v) is 4.37. The van der Waals surface area contributed by atoms with Crippen molar-refractivity contribution in [2.24, 2.45) is 0 Å². The fourth-order valence-corrected chi connectivity index (χ4v) is 0. The van der Waals surface area contributed by atoms with E-state index in [4.69, 9.17) is 0 Å². The lowest BCUT2D eigenvalue weighted by atomic mass is 10.5. The average Bonchev–Trinajstić information content (AvgIpc) is 1.35. The van der Waals surface area contributed by atoms with Crippen LogP contribution in [0.4, 0.5) is 4.39 Å². The predicted octanol–water partition coefficient (Wildman–Crippen LogP) is 0.909. The Kier molecular flexibility index (Phi) is 1.78. The summed E-state index contributed by atoms with van der Waals surface area (Å²) in [6.45, 7) is 5.25. The maximum atomic E-state index is 12.2. The Morgan fingerprint density at radius 2 is 1.67 bits per heavy atom. The van der Waals surface area contributed by atoms with Crippen LogP contribution in [0.3, 0.4) is 0 Å². The summed E-state index contributed by atoms with van der Waals surface area (Å²) >= 11 is 0. The highest BCUT2D eigenvalue weighted by Gasteiger charge is 2.09. The molecule has 0 heterocycles. The third-order valence-electron chi connectivity index (χ3n) is 0.841. The van der Waals surface area contributed by atoms with Crippen molar-refractivity contribution in [2.45, 2.75) is 25.7 Å². The van der Waals surface area contributed by atoms with Gasteiger partial charge in [-0.3, -0.25) is 0 Å². The Bertz CT molecular complexity index is 37.3. The minimum absolute atomic E-state index is 0.414. The van der Waals surface area contributed by atoms with E-state index < -0.39 is 14.8 Å². The quantitative estimate of drug-likeness (QED) is 0.436. The van der Waals surface area contributed by atoms with E-state index in [1.54, 1.807) is 13.8 Å². The van der Waals surface area contributed by atoms with Crippen molar-refractivity contribution >= 4 is 9.52 Å². The molecule has 0 atom stereocenters. The van der Waals surface area contributed by atoms with Gasteiger partial charge < -0.3 is 0 Å². The minimum atomic E-state index is -0.819. The molecule has 0 spiro atoms. The summed E-state index contributed by atoms with van der Waals surface area (Å²) in [7, 11) is -0.414. The van der Waals surface area contributed by atoms with Crippen molar-refractivity contribution < 1.29 is 4.39 Å². The van der Waals surface area contributed by atoms with E-state index in [1.807, 2.05) is 6.55 Å². The molecule has 0 aromatic heterocycles.